The van der Waals surface area contributed by atoms with Gasteiger partial charge in [0, 0.05) is 38.6 Å². The summed E-state index contributed by atoms with van der Waals surface area (Å²) in [6.45, 7) is 8.61. The van der Waals surface area contributed by atoms with Crippen LogP contribution in [0.2, 0.25) is 0 Å². The zero-order valence-electron chi connectivity index (χ0n) is 19.6. The highest BCUT2D eigenvalue weighted by atomic mass is 32.2. The fourth-order valence-corrected chi connectivity index (χ4v) is 6.43. The first-order valence-corrected chi connectivity index (χ1v) is 12.7. The number of aryl methyl sites for hydroxylation is 3. The van der Waals surface area contributed by atoms with E-state index in [0.717, 1.165) is 29.8 Å². The average Bonchev–Trinajstić information content (AvgIpc) is 2.73. The van der Waals surface area contributed by atoms with Gasteiger partial charge < -0.3 is 10.2 Å². The highest BCUT2D eigenvalue weighted by Crippen LogP contribution is 2.28. The molecule has 0 radical (unpaired) electrons. The van der Waals surface area contributed by atoms with Crippen LogP contribution in [-0.4, -0.2) is 56.8 Å². The highest BCUT2D eigenvalue weighted by molar-refractivity contribution is 7.89. The van der Waals surface area contributed by atoms with Crippen LogP contribution in [0.25, 0.3) is 0 Å². The van der Waals surface area contributed by atoms with Gasteiger partial charge in [-0.15, -0.1) is 0 Å². The average molecular weight is 458 g/mol. The number of carbonyl (C=O) groups excluding carboxylic acids is 1. The summed E-state index contributed by atoms with van der Waals surface area (Å²) in [7, 11) is -1.51. The first kappa shape index (κ1) is 24.4. The van der Waals surface area contributed by atoms with Crippen molar-refractivity contribution in [2.45, 2.75) is 45.1 Å². The van der Waals surface area contributed by atoms with Crippen LogP contribution in [-0.2, 0) is 21.4 Å². The molecule has 0 bridgehead atoms. The summed E-state index contributed by atoms with van der Waals surface area (Å²) in [6.07, 6.45) is 1.10. The molecule has 1 fully saturated rings. The Balaban J connectivity index is 1.48. The molecule has 1 aliphatic heterocycles. The van der Waals surface area contributed by atoms with Gasteiger partial charge in [-0.3, -0.25) is 4.79 Å². The van der Waals surface area contributed by atoms with E-state index in [2.05, 4.69) is 22.3 Å². The maximum atomic E-state index is 13.2. The lowest BCUT2D eigenvalue weighted by molar-refractivity contribution is -0.126. The Hall–Kier alpha value is -2.22. The summed E-state index contributed by atoms with van der Waals surface area (Å²) >= 11 is 0. The molecule has 1 amide bonds. The molecule has 1 saturated heterocycles. The van der Waals surface area contributed by atoms with Crippen molar-refractivity contribution in [3.63, 3.8) is 0 Å². The fourth-order valence-electron chi connectivity index (χ4n) is 4.55. The summed E-state index contributed by atoms with van der Waals surface area (Å²) in [5.74, 6) is -0.112. The minimum absolute atomic E-state index is 0.0258. The molecule has 6 nitrogen and oxygen atoms in total. The predicted molar refractivity (Wildman–Crippen MR) is 128 cm³/mol. The number of sulfonamides is 1. The first-order valence-electron chi connectivity index (χ1n) is 11.3. The number of likely N-dealkylation sites (N-methyl/N-ethyl adjacent to an activating group) is 1. The molecule has 0 atom stereocenters. The van der Waals surface area contributed by atoms with Gasteiger partial charge in [0.15, 0.2) is 0 Å². The molecule has 1 N–H and O–H groups in total. The molecule has 0 spiro atoms. The van der Waals surface area contributed by atoms with Crippen LogP contribution < -0.4 is 5.32 Å². The van der Waals surface area contributed by atoms with Crippen LogP contribution in [0.5, 0.6) is 0 Å². The van der Waals surface area contributed by atoms with Gasteiger partial charge >= 0.3 is 0 Å². The molecule has 1 heterocycles. The third-order valence-corrected chi connectivity index (χ3v) is 8.32. The second kappa shape index (κ2) is 10.6. The van der Waals surface area contributed by atoms with Crippen molar-refractivity contribution in [1.82, 2.24) is 14.5 Å². The van der Waals surface area contributed by atoms with Gasteiger partial charge in [-0.05, 0) is 57.4 Å². The maximum Gasteiger partial charge on any atom is 0.243 e. The monoisotopic (exact) mass is 457 g/mol. The molecular formula is C25H35N3O3S. The third kappa shape index (κ3) is 5.97. The molecular weight excluding hydrogens is 422 g/mol. The molecule has 7 heteroatoms. The number of benzene rings is 2. The van der Waals surface area contributed by atoms with Crippen molar-refractivity contribution in [1.29, 1.82) is 0 Å². The summed E-state index contributed by atoms with van der Waals surface area (Å²) in [6, 6.07) is 14.1. The summed E-state index contributed by atoms with van der Waals surface area (Å²) in [5.41, 5.74) is 3.86. The van der Waals surface area contributed by atoms with Crippen LogP contribution in [0.15, 0.2) is 47.4 Å². The Morgan fingerprint density at radius 1 is 1.06 bits per heavy atom. The minimum Gasteiger partial charge on any atom is -0.355 e. The van der Waals surface area contributed by atoms with E-state index in [1.165, 1.54) is 9.87 Å². The highest BCUT2D eigenvalue weighted by Gasteiger charge is 2.33. The zero-order chi connectivity index (χ0) is 23.3. The standard InChI is InChI=1S/C25H35N3O3S/c1-19-16-20(2)24(21(3)17-19)32(30,31)28-13-10-23(11-14-28)25(29)26-12-15-27(4)18-22-8-6-5-7-9-22/h5-9,16-17,23H,10-15,18H2,1-4H3,(H,26,29). The number of piperidine rings is 1. The Labute approximate surface area is 192 Å². The number of hydrogen-bond donors (Lipinski definition) is 1. The quantitative estimate of drug-likeness (QED) is 0.661. The molecule has 32 heavy (non-hydrogen) atoms. The van der Waals surface area contributed by atoms with E-state index >= 15 is 0 Å². The Morgan fingerprint density at radius 3 is 2.25 bits per heavy atom. The number of nitrogens with zero attached hydrogens (tertiary/aromatic N) is 2. The molecule has 0 saturated carbocycles. The molecule has 3 rings (SSSR count). The Bertz CT molecular complexity index is 1010. The lowest BCUT2D eigenvalue weighted by Gasteiger charge is -2.31. The molecule has 174 valence electrons. The van der Waals surface area contributed by atoms with Gasteiger partial charge in [-0.1, -0.05) is 48.0 Å². The Kier molecular flexibility index (Phi) is 8.09. The van der Waals surface area contributed by atoms with Crippen LogP contribution in [0.1, 0.15) is 35.1 Å². The van der Waals surface area contributed by atoms with Gasteiger partial charge in [0.05, 0.1) is 4.90 Å². The van der Waals surface area contributed by atoms with Crippen molar-refractivity contribution < 1.29 is 13.2 Å². The fraction of sp³-hybridized carbons (Fsp3) is 0.480. The van der Waals surface area contributed by atoms with Crippen molar-refractivity contribution in [2.24, 2.45) is 5.92 Å². The molecule has 2 aromatic carbocycles. The van der Waals surface area contributed by atoms with Gasteiger partial charge in [0.1, 0.15) is 0 Å². The van der Waals surface area contributed by atoms with E-state index in [1.807, 2.05) is 58.2 Å². The number of carbonyl (C=O) groups is 1. The SMILES string of the molecule is Cc1cc(C)c(S(=O)(=O)N2CCC(C(=O)NCCN(C)Cc3ccccc3)CC2)c(C)c1. The van der Waals surface area contributed by atoms with Crippen LogP contribution in [0.4, 0.5) is 0 Å². The van der Waals surface area contributed by atoms with Crippen LogP contribution >= 0.6 is 0 Å². The number of amides is 1. The minimum atomic E-state index is -3.55. The van der Waals surface area contributed by atoms with Crippen LogP contribution in [0.3, 0.4) is 0 Å². The number of nitrogens with one attached hydrogen (secondary N) is 1. The number of rotatable bonds is 8. The van der Waals surface area contributed by atoms with E-state index in [0.29, 0.717) is 37.4 Å². The summed E-state index contributed by atoms with van der Waals surface area (Å²) in [5, 5.41) is 3.03. The topological polar surface area (TPSA) is 69.7 Å². The van der Waals surface area contributed by atoms with Gasteiger partial charge in [-0.25, -0.2) is 8.42 Å². The molecule has 2 aromatic rings. The molecule has 0 unspecified atom stereocenters. The van der Waals surface area contributed by atoms with Crippen molar-refractivity contribution >= 4 is 15.9 Å². The van der Waals surface area contributed by atoms with Gasteiger partial charge in [0.25, 0.3) is 0 Å². The normalized spacial score (nSPS) is 15.8. The van der Waals surface area contributed by atoms with Crippen molar-refractivity contribution in [2.75, 3.05) is 33.2 Å². The summed E-state index contributed by atoms with van der Waals surface area (Å²) in [4.78, 5) is 15.2. The smallest absolute Gasteiger partial charge is 0.243 e. The van der Waals surface area contributed by atoms with E-state index < -0.39 is 10.0 Å². The number of hydrogen-bond acceptors (Lipinski definition) is 4. The predicted octanol–water partition coefficient (Wildman–Crippen LogP) is 3.26. The lowest BCUT2D eigenvalue weighted by atomic mass is 9.97. The first-order chi connectivity index (χ1) is 15.2. The third-order valence-electron chi connectivity index (χ3n) is 6.12. The second-order valence-corrected chi connectivity index (χ2v) is 10.8. The van der Waals surface area contributed by atoms with Gasteiger partial charge in [-0.2, -0.15) is 4.31 Å². The summed E-state index contributed by atoms with van der Waals surface area (Å²) < 4.78 is 28.0. The van der Waals surface area contributed by atoms with E-state index in [9.17, 15) is 13.2 Å². The van der Waals surface area contributed by atoms with E-state index in [1.54, 1.807) is 0 Å². The van der Waals surface area contributed by atoms with Gasteiger partial charge in [0.2, 0.25) is 15.9 Å². The lowest BCUT2D eigenvalue weighted by Crippen LogP contribution is -2.44. The zero-order valence-corrected chi connectivity index (χ0v) is 20.4. The molecule has 0 aliphatic carbocycles. The van der Waals surface area contributed by atoms with E-state index in [-0.39, 0.29) is 11.8 Å². The maximum absolute atomic E-state index is 13.2. The van der Waals surface area contributed by atoms with Crippen LogP contribution in [0, 0.1) is 26.7 Å². The Morgan fingerprint density at radius 2 is 1.66 bits per heavy atom. The molecule has 0 aromatic heterocycles. The largest absolute Gasteiger partial charge is 0.355 e. The van der Waals surface area contributed by atoms with Crippen molar-refractivity contribution in [3.05, 3.63) is 64.7 Å². The van der Waals surface area contributed by atoms with E-state index in [4.69, 9.17) is 0 Å². The van der Waals surface area contributed by atoms with Crippen molar-refractivity contribution in [3.8, 4) is 0 Å². The molecule has 1 aliphatic rings. The second-order valence-electron chi connectivity index (χ2n) is 8.92.